The van der Waals surface area contributed by atoms with Gasteiger partial charge in [0, 0.05) is 18.5 Å². The third-order valence-electron chi connectivity index (χ3n) is 14.3. The Bertz CT molecular complexity index is 1180. The van der Waals surface area contributed by atoms with Gasteiger partial charge in [0.25, 0.3) is 0 Å². The summed E-state index contributed by atoms with van der Waals surface area (Å²) < 4.78 is 6.18. The van der Waals surface area contributed by atoms with E-state index in [9.17, 15) is 19.8 Å². The molecule has 0 saturated heterocycles. The Hall–Kier alpha value is -1.66. The van der Waals surface area contributed by atoms with Gasteiger partial charge in [0.15, 0.2) is 0 Å². The van der Waals surface area contributed by atoms with Gasteiger partial charge in [0.2, 0.25) is 5.91 Å². The van der Waals surface area contributed by atoms with Crippen LogP contribution < -0.4 is 5.32 Å². The summed E-state index contributed by atoms with van der Waals surface area (Å²) in [6.45, 7) is 17.2. The van der Waals surface area contributed by atoms with E-state index < -0.39 is 12.2 Å². The minimum Gasteiger partial charge on any atom is -0.458 e. The zero-order valence-electron chi connectivity index (χ0n) is 29.6. The van der Waals surface area contributed by atoms with E-state index in [2.05, 4.69) is 59.9 Å². The maximum Gasteiger partial charge on any atom is 0.303 e. The van der Waals surface area contributed by atoms with Gasteiger partial charge in [-0.3, -0.25) is 9.59 Å². The third kappa shape index (κ3) is 6.09. The summed E-state index contributed by atoms with van der Waals surface area (Å²) in [5.74, 6) is 0.811. The van der Waals surface area contributed by atoms with Crippen LogP contribution in [0.5, 0.6) is 0 Å². The number of rotatable bonds is 7. The number of hydrogen-bond acceptors (Lipinski definition) is 5. The first-order chi connectivity index (χ1) is 21.1. The van der Waals surface area contributed by atoms with Gasteiger partial charge in [-0.05, 0) is 136 Å². The highest BCUT2D eigenvalue weighted by Gasteiger charge is 2.70. The molecule has 0 bridgehead atoms. The van der Waals surface area contributed by atoms with Crippen molar-refractivity contribution in [3.05, 3.63) is 22.8 Å². The normalized spacial score (nSPS) is 43.3. The fraction of sp³-hybridized carbons (Fsp3) is 0.846. The highest BCUT2D eigenvalue weighted by molar-refractivity contribution is 5.95. The molecular formula is C39H63NO5. The van der Waals surface area contributed by atoms with Gasteiger partial charge < -0.3 is 20.3 Å². The smallest absolute Gasteiger partial charge is 0.303 e. The summed E-state index contributed by atoms with van der Waals surface area (Å²) in [5, 5.41) is 26.5. The van der Waals surface area contributed by atoms with E-state index in [1.54, 1.807) is 0 Å². The van der Waals surface area contributed by atoms with E-state index >= 15 is 0 Å². The van der Waals surface area contributed by atoms with Gasteiger partial charge in [-0.25, -0.2) is 0 Å². The van der Waals surface area contributed by atoms with Crippen molar-refractivity contribution < 1.29 is 24.5 Å². The Morgan fingerprint density at radius 3 is 2.31 bits per heavy atom. The molecule has 6 nitrogen and oxygen atoms in total. The summed E-state index contributed by atoms with van der Waals surface area (Å²) in [6, 6.07) is 0.0922. The zero-order chi connectivity index (χ0) is 32.9. The Labute approximate surface area is 273 Å². The molecule has 0 aromatic carbocycles. The number of aliphatic hydroxyl groups is 2. The van der Waals surface area contributed by atoms with E-state index in [1.807, 2.05) is 0 Å². The van der Waals surface area contributed by atoms with Gasteiger partial charge in [-0.15, -0.1) is 0 Å². The van der Waals surface area contributed by atoms with Crippen molar-refractivity contribution in [2.75, 3.05) is 0 Å². The molecule has 3 N–H and O–H groups in total. The lowest BCUT2D eigenvalue weighted by molar-refractivity contribution is -0.234. The molecule has 6 heteroatoms. The quantitative estimate of drug-likeness (QED) is 0.153. The highest BCUT2D eigenvalue weighted by Crippen LogP contribution is 2.74. The number of esters is 1. The molecular weight excluding hydrogens is 562 g/mol. The van der Waals surface area contributed by atoms with Crippen molar-refractivity contribution in [1.82, 2.24) is 5.32 Å². The lowest BCUT2D eigenvalue weighted by Gasteiger charge is -2.69. The van der Waals surface area contributed by atoms with Crippen LogP contribution in [0, 0.1) is 45.8 Å². The fourth-order valence-electron chi connectivity index (χ4n) is 11.8. The Kier molecular flexibility index (Phi) is 10.1. The first-order valence-corrected chi connectivity index (χ1v) is 18.3. The number of aliphatic hydroxyl groups excluding tert-OH is 2. The van der Waals surface area contributed by atoms with Crippen LogP contribution in [0.4, 0.5) is 0 Å². The number of carbonyl (C=O) groups excluding carboxylic acids is 2. The molecule has 5 saturated carbocycles. The average molecular weight is 626 g/mol. The molecule has 1 amide bonds. The molecule has 254 valence electrons. The van der Waals surface area contributed by atoms with Crippen LogP contribution >= 0.6 is 0 Å². The van der Waals surface area contributed by atoms with Crippen LogP contribution in [0.3, 0.4) is 0 Å². The molecule has 0 radical (unpaired) electrons. The highest BCUT2D eigenvalue weighted by atomic mass is 16.5. The van der Waals surface area contributed by atoms with Crippen LogP contribution in [0.25, 0.3) is 0 Å². The van der Waals surface area contributed by atoms with Crippen LogP contribution in [-0.4, -0.2) is 46.4 Å². The lowest BCUT2D eigenvalue weighted by Crippen LogP contribution is -2.65. The van der Waals surface area contributed by atoms with Crippen molar-refractivity contribution in [3.63, 3.8) is 0 Å². The van der Waals surface area contributed by atoms with Gasteiger partial charge in [0.05, 0.1) is 12.2 Å². The predicted octanol–water partition coefficient (Wildman–Crippen LogP) is 7.67. The van der Waals surface area contributed by atoms with Crippen LogP contribution in [-0.2, 0) is 14.3 Å². The second-order valence-corrected chi connectivity index (χ2v) is 17.0. The minimum absolute atomic E-state index is 0.0147. The molecule has 5 aliphatic rings. The molecule has 0 aliphatic heterocycles. The maximum absolute atomic E-state index is 14.4. The number of nitrogens with one attached hydrogen (secondary N) is 1. The van der Waals surface area contributed by atoms with Crippen molar-refractivity contribution >= 4 is 11.9 Å². The summed E-state index contributed by atoms with van der Waals surface area (Å²) in [6.07, 6.45) is 13.3. The number of ether oxygens (including phenoxy) is 1. The second kappa shape index (κ2) is 13.1. The molecule has 0 heterocycles. The van der Waals surface area contributed by atoms with E-state index in [4.69, 9.17) is 4.74 Å². The van der Waals surface area contributed by atoms with E-state index in [-0.39, 0.29) is 58.0 Å². The molecule has 45 heavy (non-hydrogen) atoms. The van der Waals surface area contributed by atoms with Crippen molar-refractivity contribution in [3.8, 4) is 0 Å². The van der Waals surface area contributed by atoms with Crippen molar-refractivity contribution in [1.29, 1.82) is 0 Å². The first-order valence-electron chi connectivity index (χ1n) is 18.3. The molecule has 0 spiro atoms. The Morgan fingerprint density at radius 1 is 0.978 bits per heavy atom. The Morgan fingerprint density at radius 2 is 1.67 bits per heavy atom. The topological polar surface area (TPSA) is 95.9 Å². The standard InChI is InChI=1S/C39H63NO5/c1-23(2)13-12-16-28(36(44)40-25(4)27-14-10-9-11-15-27)34-30-21-32(43)35-37(6)19-18-31(42)24(3)29(37)17-20-38(35,7)39(30,8)22-33(34)45-26(5)41/h13,24-25,27,29-33,35,42-43H,9-12,14-22H2,1-8H3,(H,40,44)/b34-28-/t24-,25-,29-,30-,31+,32+,33-,35-,37-,38-,39-/m0/s1. The molecule has 0 aromatic rings. The van der Waals surface area contributed by atoms with Crippen LogP contribution in [0.1, 0.15) is 139 Å². The van der Waals surface area contributed by atoms with E-state index in [0.29, 0.717) is 31.1 Å². The fourth-order valence-corrected chi connectivity index (χ4v) is 11.8. The summed E-state index contributed by atoms with van der Waals surface area (Å²) in [4.78, 5) is 27.0. The first kappa shape index (κ1) is 34.7. The second-order valence-electron chi connectivity index (χ2n) is 17.0. The number of fused-ring (bicyclic) bond motifs is 5. The summed E-state index contributed by atoms with van der Waals surface area (Å²) in [5.41, 5.74) is 2.47. The molecule has 0 aromatic heterocycles. The van der Waals surface area contributed by atoms with Gasteiger partial charge in [-0.1, -0.05) is 58.6 Å². The minimum atomic E-state index is -0.516. The number of allylic oxidation sites excluding steroid dienone is 2. The lowest BCUT2D eigenvalue weighted by atomic mass is 9.36. The van der Waals surface area contributed by atoms with Gasteiger partial charge >= 0.3 is 5.97 Å². The molecule has 11 atom stereocenters. The average Bonchev–Trinajstić information content (AvgIpc) is 3.24. The van der Waals surface area contributed by atoms with Gasteiger partial charge in [0.1, 0.15) is 6.10 Å². The number of amides is 1. The number of hydrogen-bond donors (Lipinski definition) is 3. The van der Waals surface area contributed by atoms with Crippen molar-refractivity contribution in [2.24, 2.45) is 45.8 Å². The molecule has 0 unspecified atom stereocenters. The van der Waals surface area contributed by atoms with Crippen LogP contribution in [0.15, 0.2) is 22.8 Å². The summed E-state index contributed by atoms with van der Waals surface area (Å²) in [7, 11) is 0. The maximum atomic E-state index is 14.4. The molecule has 5 rings (SSSR count). The Balaban J connectivity index is 1.57. The summed E-state index contributed by atoms with van der Waals surface area (Å²) >= 11 is 0. The largest absolute Gasteiger partial charge is 0.458 e. The monoisotopic (exact) mass is 625 g/mol. The van der Waals surface area contributed by atoms with E-state index in [0.717, 1.165) is 56.1 Å². The SMILES string of the molecule is CC(=O)O[C@H]1C[C@@]2(C)[C@@H](C[C@@H](O)[C@H]3[C@@]4(C)CC[C@@H](O)[C@@H](C)[C@@H]4CC[C@@]32C)/C1=C(\CCC=C(C)C)C(=O)N[C@@H](C)C1CCCCC1. The zero-order valence-corrected chi connectivity index (χ0v) is 29.6. The van der Waals surface area contributed by atoms with Gasteiger partial charge in [-0.2, -0.15) is 0 Å². The molecule has 5 fully saturated rings. The predicted molar refractivity (Wildman–Crippen MR) is 179 cm³/mol. The molecule has 5 aliphatic carbocycles. The third-order valence-corrected chi connectivity index (χ3v) is 14.3. The van der Waals surface area contributed by atoms with Crippen molar-refractivity contribution in [2.45, 2.75) is 163 Å². The van der Waals surface area contributed by atoms with Crippen LogP contribution in [0.2, 0.25) is 0 Å². The number of carbonyl (C=O) groups is 2. The van der Waals surface area contributed by atoms with E-state index in [1.165, 1.54) is 31.8 Å².